The van der Waals surface area contributed by atoms with Gasteiger partial charge in [-0.05, 0) is 51.5 Å². The number of fused-ring (bicyclic) bond motifs is 1. The summed E-state index contributed by atoms with van der Waals surface area (Å²) in [6.45, 7) is 6.25. The van der Waals surface area contributed by atoms with Gasteiger partial charge in [0.25, 0.3) is 0 Å². The highest BCUT2D eigenvalue weighted by molar-refractivity contribution is 7.92. The number of nitrogens with zero attached hydrogens (tertiary/aromatic N) is 2. The molecule has 0 radical (unpaired) electrons. The molecule has 0 fully saturated rings. The maximum atomic E-state index is 13.7. The van der Waals surface area contributed by atoms with Gasteiger partial charge in [0.1, 0.15) is 12.6 Å². The van der Waals surface area contributed by atoms with E-state index < -0.39 is 28.5 Å². The number of carbonyl (C=O) groups excluding carboxylic acids is 2. The topological polar surface area (TPSA) is 105 Å². The van der Waals surface area contributed by atoms with Gasteiger partial charge in [0.15, 0.2) is 11.5 Å². The predicted molar refractivity (Wildman–Crippen MR) is 144 cm³/mol. The van der Waals surface area contributed by atoms with E-state index >= 15 is 0 Å². The lowest BCUT2D eigenvalue weighted by Crippen LogP contribution is -2.52. The minimum atomic E-state index is -3.88. The first-order valence-electron chi connectivity index (χ1n) is 11.9. The highest BCUT2D eigenvalue weighted by atomic mass is 35.5. The van der Waals surface area contributed by atoms with Crippen molar-refractivity contribution in [2.24, 2.45) is 0 Å². The van der Waals surface area contributed by atoms with E-state index in [4.69, 9.17) is 32.7 Å². The fraction of sp³-hybridized carbons (Fsp3) is 0.440. The molecule has 0 saturated heterocycles. The summed E-state index contributed by atoms with van der Waals surface area (Å²) < 4.78 is 37.9. The highest BCUT2D eigenvalue weighted by Gasteiger charge is 2.32. The number of halogens is 2. The van der Waals surface area contributed by atoms with Crippen molar-refractivity contribution in [1.29, 1.82) is 0 Å². The van der Waals surface area contributed by atoms with Crippen LogP contribution < -0.4 is 19.1 Å². The molecule has 9 nitrogen and oxygen atoms in total. The van der Waals surface area contributed by atoms with Crippen molar-refractivity contribution in [2.75, 3.05) is 23.4 Å². The molecule has 1 aliphatic rings. The minimum Gasteiger partial charge on any atom is -0.454 e. The summed E-state index contributed by atoms with van der Waals surface area (Å²) in [5.41, 5.74) is 0.697. The number of rotatable bonds is 11. The molecular weight excluding hydrogens is 541 g/mol. The van der Waals surface area contributed by atoms with Crippen LogP contribution in [-0.2, 0) is 26.2 Å². The third kappa shape index (κ3) is 6.80. The molecule has 3 rings (SSSR count). The molecule has 12 heteroatoms. The van der Waals surface area contributed by atoms with Gasteiger partial charge < -0.3 is 19.7 Å². The van der Waals surface area contributed by atoms with E-state index in [1.165, 1.54) is 17.9 Å². The average molecular weight is 573 g/mol. The number of ether oxygens (including phenoxy) is 2. The van der Waals surface area contributed by atoms with Crippen molar-refractivity contribution < 1.29 is 27.5 Å². The number of amides is 2. The molecule has 2 atom stereocenters. The minimum absolute atomic E-state index is 0.0213. The van der Waals surface area contributed by atoms with Gasteiger partial charge in [-0.2, -0.15) is 0 Å². The Morgan fingerprint density at radius 1 is 1.05 bits per heavy atom. The largest absolute Gasteiger partial charge is 0.454 e. The molecule has 0 aromatic heterocycles. The predicted octanol–water partition coefficient (Wildman–Crippen LogP) is 4.21. The summed E-state index contributed by atoms with van der Waals surface area (Å²) in [4.78, 5) is 28.1. The van der Waals surface area contributed by atoms with Crippen LogP contribution in [0.5, 0.6) is 11.5 Å². The molecule has 1 aliphatic heterocycles. The molecule has 2 aromatic carbocycles. The first-order chi connectivity index (χ1) is 17.5. The van der Waals surface area contributed by atoms with Crippen LogP contribution in [0.3, 0.4) is 0 Å². The maximum Gasteiger partial charge on any atom is 0.244 e. The zero-order valence-electron chi connectivity index (χ0n) is 21.2. The summed E-state index contributed by atoms with van der Waals surface area (Å²) in [6, 6.07) is 8.54. The molecule has 37 heavy (non-hydrogen) atoms. The second kappa shape index (κ2) is 12.2. The van der Waals surface area contributed by atoms with Crippen molar-refractivity contribution >= 4 is 50.7 Å². The van der Waals surface area contributed by atoms with E-state index in [0.717, 1.165) is 4.31 Å². The summed E-state index contributed by atoms with van der Waals surface area (Å²) in [7, 11) is -3.88. The normalized spacial score (nSPS) is 14.1. The fourth-order valence-electron chi connectivity index (χ4n) is 3.66. The van der Waals surface area contributed by atoms with Crippen molar-refractivity contribution in [1.82, 2.24) is 10.2 Å². The Bertz CT molecular complexity index is 1240. The Morgan fingerprint density at radius 3 is 2.32 bits per heavy atom. The van der Waals surface area contributed by atoms with E-state index in [-0.39, 0.29) is 36.7 Å². The van der Waals surface area contributed by atoms with Gasteiger partial charge in [-0.25, -0.2) is 8.42 Å². The van der Waals surface area contributed by atoms with Crippen LogP contribution in [-0.4, -0.2) is 56.3 Å². The second-order valence-corrected chi connectivity index (χ2v) is 11.7. The first-order valence-corrected chi connectivity index (χ1v) is 14.3. The molecule has 0 unspecified atom stereocenters. The van der Waals surface area contributed by atoms with Crippen LogP contribution >= 0.6 is 23.2 Å². The third-order valence-corrected chi connectivity index (χ3v) is 8.63. The molecule has 0 saturated carbocycles. The zero-order valence-corrected chi connectivity index (χ0v) is 23.5. The number of hydrogen-bond acceptors (Lipinski definition) is 6. The molecule has 1 N–H and O–H groups in total. The Kier molecular flexibility index (Phi) is 9.55. The summed E-state index contributed by atoms with van der Waals surface area (Å²) in [5.74, 6) is -0.359. The monoisotopic (exact) mass is 571 g/mol. The molecular formula is C25H31Cl2N3O6S. The third-order valence-electron chi connectivity index (χ3n) is 6.18. The van der Waals surface area contributed by atoms with Gasteiger partial charge in [-0.15, -0.1) is 0 Å². The summed E-state index contributed by atoms with van der Waals surface area (Å²) >= 11 is 12.7. The van der Waals surface area contributed by atoms with Gasteiger partial charge in [0, 0.05) is 34.3 Å². The van der Waals surface area contributed by atoms with E-state index in [9.17, 15) is 18.0 Å². The van der Waals surface area contributed by atoms with E-state index in [1.807, 2.05) is 13.8 Å². The molecule has 1 heterocycles. The Labute approximate surface area is 227 Å². The molecule has 2 aromatic rings. The van der Waals surface area contributed by atoms with Gasteiger partial charge in [0.2, 0.25) is 28.6 Å². The van der Waals surface area contributed by atoms with Crippen molar-refractivity contribution in [3.8, 4) is 11.5 Å². The van der Waals surface area contributed by atoms with Crippen LogP contribution in [0, 0.1) is 0 Å². The lowest BCUT2D eigenvalue weighted by molar-refractivity contribution is -0.139. The van der Waals surface area contributed by atoms with E-state index in [1.54, 1.807) is 37.3 Å². The molecule has 2 amide bonds. The van der Waals surface area contributed by atoms with Gasteiger partial charge in [-0.1, -0.05) is 36.2 Å². The fourth-order valence-corrected chi connectivity index (χ4v) is 5.23. The smallest absolute Gasteiger partial charge is 0.244 e. The average Bonchev–Trinajstić information content (AvgIpc) is 3.34. The lowest BCUT2D eigenvalue weighted by atomic mass is 10.1. The SMILES string of the molecule is CC[C@@H](C)NC(=O)[C@@H](C)N(Cc1c(Cl)cccc1Cl)C(=O)CN(c1ccc2c(c1)OCO2)S(=O)(=O)CC. The Morgan fingerprint density at radius 2 is 1.70 bits per heavy atom. The number of hydrogen-bond donors (Lipinski definition) is 1. The molecule has 0 aliphatic carbocycles. The summed E-state index contributed by atoms with van der Waals surface area (Å²) in [5, 5.41) is 3.53. The number of carbonyl (C=O) groups is 2. The van der Waals surface area contributed by atoms with Crippen molar-refractivity contribution in [2.45, 2.75) is 52.7 Å². The van der Waals surface area contributed by atoms with Crippen LogP contribution in [0.4, 0.5) is 5.69 Å². The summed E-state index contributed by atoms with van der Waals surface area (Å²) in [6.07, 6.45) is 0.704. The number of benzene rings is 2. The number of anilines is 1. The van der Waals surface area contributed by atoms with Crippen LogP contribution in [0.2, 0.25) is 10.0 Å². The second-order valence-electron chi connectivity index (χ2n) is 8.66. The quantitative estimate of drug-likeness (QED) is 0.433. The highest BCUT2D eigenvalue weighted by Crippen LogP contribution is 2.36. The maximum absolute atomic E-state index is 13.7. The number of nitrogens with one attached hydrogen (secondary N) is 1. The van der Waals surface area contributed by atoms with Gasteiger partial charge in [0.05, 0.1) is 11.4 Å². The van der Waals surface area contributed by atoms with Gasteiger partial charge in [-0.3, -0.25) is 13.9 Å². The Hall–Kier alpha value is -2.69. The van der Waals surface area contributed by atoms with Crippen LogP contribution in [0.25, 0.3) is 0 Å². The molecule has 0 spiro atoms. The van der Waals surface area contributed by atoms with Crippen LogP contribution in [0.1, 0.15) is 39.7 Å². The first kappa shape index (κ1) is 28.9. The lowest BCUT2D eigenvalue weighted by Gasteiger charge is -2.32. The van der Waals surface area contributed by atoms with Crippen molar-refractivity contribution in [3.05, 3.63) is 52.0 Å². The molecule has 0 bridgehead atoms. The molecule has 202 valence electrons. The van der Waals surface area contributed by atoms with Crippen LogP contribution in [0.15, 0.2) is 36.4 Å². The Balaban J connectivity index is 1.98. The van der Waals surface area contributed by atoms with Gasteiger partial charge >= 0.3 is 0 Å². The number of sulfonamides is 1. The van der Waals surface area contributed by atoms with E-state index in [0.29, 0.717) is 33.5 Å². The standard InChI is InChI=1S/C25H31Cl2N3O6S/c1-5-16(3)28-25(32)17(4)29(13-19-20(26)8-7-9-21(19)27)24(31)14-30(37(33,34)6-2)18-10-11-22-23(12-18)36-15-35-22/h7-12,16-17H,5-6,13-15H2,1-4H3,(H,28,32)/t16-,17-/m1/s1. The van der Waals surface area contributed by atoms with Crippen molar-refractivity contribution in [3.63, 3.8) is 0 Å². The van der Waals surface area contributed by atoms with E-state index in [2.05, 4.69) is 5.32 Å². The zero-order chi connectivity index (χ0) is 27.3.